The summed E-state index contributed by atoms with van der Waals surface area (Å²) in [6.45, 7) is 4.06. The minimum absolute atomic E-state index is 0.0817. The fraction of sp³-hybridized carbons (Fsp3) is 0.857. The van der Waals surface area contributed by atoms with Crippen molar-refractivity contribution in [2.75, 3.05) is 0 Å². The van der Waals surface area contributed by atoms with Crippen molar-refractivity contribution in [2.45, 2.75) is 56.0 Å². The third-order valence-electron chi connectivity index (χ3n) is 5.04. The van der Waals surface area contributed by atoms with Crippen LogP contribution in [0.15, 0.2) is 5.16 Å². The SMILES string of the molecule is CC(Sc1nnnn1C)C(=O)NC(C)C1CC2CCC1C2. The number of carbonyl (C=O) groups excluding carboxylic acids is 1. The molecule has 2 bridgehead atoms. The second-order valence-electron chi connectivity index (χ2n) is 6.48. The topological polar surface area (TPSA) is 72.7 Å². The third kappa shape index (κ3) is 3.07. The molecule has 5 atom stereocenters. The normalized spacial score (nSPS) is 30.3. The van der Waals surface area contributed by atoms with Crippen molar-refractivity contribution in [1.29, 1.82) is 0 Å². The lowest BCUT2D eigenvalue weighted by Crippen LogP contribution is -2.43. The molecule has 0 spiro atoms. The number of thioether (sulfide) groups is 1. The molecule has 1 aromatic rings. The second kappa shape index (κ2) is 5.94. The molecule has 2 saturated carbocycles. The zero-order valence-electron chi connectivity index (χ0n) is 12.8. The monoisotopic (exact) mass is 309 g/mol. The van der Waals surface area contributed by atoms with E-state index in [9.17, 15) is 4.79 Å². The number of hydrogen-bond donors (Lipinski definition) is 1. The molecule has 0 radical (unpaired) electrons. The molecule has 0 aliphatic heterocycles. The summed E-state index contributed by atoms with van der Waals surface area (Å²) in [4.78, 5) is 12.3. The van der Waals surface area contributed by atoms with Crippen molar-refractivity contribution < 1.29 is 4.79 Å². The average molecular weight is 309 g/mol. The Morgan fingerprint density at radius 3 is 2.76 bits per heavy atom. The van der Waals surface area contributed by atoms with Crippen LogP contribution in [-0.2, 0) is 11.8 Å². The molecule has 2 aliphatic carbocycles. The van der Waals surface area contributed by atoms with Gasteiger partial charge in [0.15, 0.2) is 0 Å². The molecule has 1 amide bonds. The van der Waals surface area contributed by atoms with Crippen LogP contribution < -0.4 is 5.32 Å². The number of amides is 1. The Bertz CT molecular complexity index is 519. The fourth-order valence-electron chi connectivity index (χ4n) is 3.89. The first-order valence-corrected chi connectivity index (χ1v) is 8.62. The van der Waals surface area contributed by atoms with Gasteiger partial charge in [-0.15, -0.1) is 5.10 Å². The van der Waals surface area contributed by atoms with Gasteiger partial charge in [-0.3, -0.25) is 4.79 Å². The van der Waals surface area contributed by atoms with Gasteiger partial charge in [0, 0.05) is 13.1 Å². The van der Waals surface area contributed by atoms with Crippen molar-refractivity contribution in [1.82, 2.24) is 25.5 Å². The molecule has 1 N–H and O–H groups in total. The number of tetrazole rings is 1. The molecule has 6 nitrogen and oxygen atoms in total. The highest BCUT2D eigenvalue weighted by atomic mass is 32.2. The van der Waals surface area contributed by atoms with Gasteiger partial charge in [0.1, 0.15) is 0 Å². The largest absolute Gasteiger partial charge is 0.352 e. The van der Waals surface area contributed by atoms with E-state index in [-0.39, 0.29) is 17.2 Å². The highest BCUT2D eigenvalue weighted by Crippen LogP contribution is 2.49. The van der Waals surface area contributed by atoms with Crippen LogP contribution in [0.5, 0.6) is 0 Å². The number of carbonyl (C=O) groups is 1. The molecule has 21 heavy (non-hydrogen) atoms. The number of rotatable bonds is 5. The maximum Gasteiger partial charge on any atom is 0.233 e. The molecule has 2 aliphatic rings. The number of hydrogen-bond acceptors (Lipinski definition) is 5. The van der Waals surface area contributed by atoms with E-state index in [2.05, 4.69) is 27.8 Å². The summed E-state index contributed by atoms with van der Waals surface area (Å²) in [6, 6.07) is 0.272. The summed E-state index contributed by atoms with van der Waals surface area (Å²) < 4.78 is 1.59. The van der Waals surface area contributed by atoms with E-state index in [1.165, 1.54) is 37.4 Å². The third-order valence-corrected chi connectivity index (χ3v) is 6.16. The molecule has 1 aromatic heterocycles. The van der Waals surface area contributed by atoms with E-state index in [4.69, 9.17) is 0 Å². The molecule has 7 heteroatoms. The van der Waals surface area contributed by atoms with Crippen LogP contribution >= 0.6 is 11.8 Å². The van der Waals surface area contributed by atoms with Crippen LogP contribution in [0.1, 0.15) is 39.5 Å². The maximum atomic E-state index is 12.3. The van der Waals surface area contributed by atoms with Gasteiger partial charge in [-0.25, -0.2) is 4.68 Å². The minimum atomic E-state index is -0.184. The van der Waals surface area contributed by atoms with Crippen molar-refractivity contribution in [3.05, 3.63) is 0 Å². The number of aromatic nitrogens is 4. The van der Waals surface area contributed by atoms with Crippen LogP contribution in [-0.4, -0.2) is 37.4 Å². The lowest BCUT2D eigenvalue weighted by molar-refractivity contribution is -0.121. The Morgan fingerprint density at radius 2 is 2.19 bits per heavy atom. The summed E-state index contributed by atoms with van der Waals surface area (Å²) in [5.41, 5.74) is 0. The molecule has 116 valence electrons. The molecule has 5 unspecified atom stereocenters. The van der Waals surface area contributed by atoms with Crippen LogP contribution in [0, 0.1) is 17.8 Å². The van der Waals surface area contributed by atoms with Gasteiger partial charge >= 0.3 is 0 Å². The van der Waals surface area contributed by atoms with Gasteiger partial charge in [0.05, 0.1) is 5.25 Å². The smallest absolute Gasteiger partial charge is 0.233 e. The first-order chi connectivity index (χ1) is 10.0. The molecule has 0 aromatic carbocycles. The van der Waals surface area contributed by atoms with E-state index in [1.807, 2.05) is 6.92 Å². The van der Waals surface area contributed by atoms with E-state index in [1.54, 1.807) is 11.7 Å². The Hall–Kier alpha value is -1.11. The first-order valence-electron chi connectivity index (χ1n) is 7.74. The molecular weight excluding hydrogens is 286 g/mol. The highest BCUT2D eigenvalue weighted by molar-refractivity contribution is 8.00. The fourth-order valence-corrected chi connectivity index (χ4v) is 4.65. The summed E-state index contributed by atoms with van der Waals surface area (Å²) in [5, 5.41) is 15.0. The zero-order chi connectivity index (χ0) is 15.0. The summed E-state index contributed by atoms with van der Waals surface area (Å²) in [7, 11) is 1.78. The number of fused-ring (bicyclic) bond motifs is 2. The molecule has 0 saturated heterocycles. The maximum absolute atomic E-state index is 12.3. The Morgan fingerprint density at radius 1 is 1.38 bits per heavy atom. The predicted molar refractivity (Wildman–Crippen MR) is 80.7 cm³/mol. The van der Waals surface area contributed by atoms with Gasteiger partial charge in [-0.05, 0) is 61.3 Å². The molecule has 2 fully saturated rings. The standard InChI is InChI=1S/C14H23N5OS/c1-8(12-7-10-4-5-11(12)6-10)15-13(20)9(2)21-14-16-17-18-19(14)3/h8-12H,4-7H2,1-3H3,(H,15,20). The Balaban J connectivity index is 1.52. The van der Waals surface area contributed by atoms with E-state index >= 15 is 0 Å². The summed E-state index contributed by atoms with van der Waals surface area (Å²) in [5.74, 6) is 2.49. The van der Waals surface area contributed by atoms with Gasteiger partial charge in [0.25, 0.3) is 0 Å². The Kier molecular flexibility index (Phi) is 4.19. The van der Waals surface area contributed by atoms with Crippen molar-refractivity contribution in [3.63, 3.8) is 0 Å². The van der Waals surface area contributed by atoms with E-state index in [0.29, 0.717) is 11.1 Å². The average Bonchev–Trinajstić information content (AvgIpc) is 3.16. The number of aryl methyl sites for hydroxylation is 1. The van der Waals surface area contributed by atoms with E-state index in [0.717, 1.165) is 11.8 Å². The van der Waals surface area contributed by atoms with Gasteiger partial charge < -0.3 is 5.32 Å². The van der Waals surface area contributed by atoms with Crippen molar-refractivity contribution in [2.24, 2.45) is 24.8 Å². The van der Waals surface area contributed by atoms with Gasteiger partial charge in [-0.1, -0.05) is 18.2 Å². The number of nitrogens with one attached hydrogen (secondary N) is 1. The molecule has 3 rings (SSSR count). The number of nitrogens with zero attached hydrogens (tertiary/aromatic N) is 4. The molecule has 1 heterocycles. The van der Waals surface area contributed by atoms with Gasteiger partial charge in [0.2, 0.25) is 11.1 Å². The van der Waals surface area contributed by atoms with Crippen molar-refractivity contribution >= 4 is 17.7 Å². The van der Waals surface area contributed by atoms with Crippen LogP contribution in [0.2, 0.25) is 0 Å². The highest BCUT2D eigenvalue weighted by Gasteiger charge is 2.42. The molecular formula is C14H23N5OS. The predicted octanol–water partition coefficient (Wildman–Crippen LogP) is 1.63. The lowest BCUT2D eigenvalue weighted by Gasteiger charge is -2.29. The Labute approximate surface area is 129 Å². The van der Waals surface area contributed by atoms with Gasteiger partial charge in [-0.2, -0.15) is 0 Å². The quantitative estimate of drug-likeness (QED) is 0.837. The zero-order valence-corrected chi connectivity index (χ0v) is 13.6. The van der Waals surface area contributed by atoms with Crippen molar-refractivity contribution in [3.8, 4) is 0 Å². The second-order valence-corrected chi connectivity index (χ2v) is 7.79. The summed E-state index contributed by atoms with van der Waals surface area (Å²) in [6.07, 6.45) is 5.42. The lowest BCUT2D eigenvalue weighted by atomic mass is 9.84. The van der Waals surface area contributed by atoms with Crippen LogP contribution in [0.4, 0.5) is 0 Å². The van der Waals surface area contributed by atoms with Crippen LogP contribution in [0.25, 0.3) is 0 Å². The first kappa shape index (κ1) is 14.8. The van der Waals surface area contributed by atoms with Crippen LogP contribution in [0.3, 0.4) is 0 Å². The summed E-state index contributed by atoms with van der Waals surface area (Å²) >= 11 is 1.40. The minimum Gasteiger partial charge on any atom is -0.352 e. The van der Waals surface area contributed by atoms with E-state index < -0.39 is 0 Å².